The molecular formula is C18H27BrN2O2. The third-order valence-electron chi connectivity index (χ3n) is 5.28. The van der Waals surface area contributed by atoms with Gasteiger partial charge in [-0.2, -0.15) is 0 Å². The van der Waals surface area contributed by atoms with Crippen LogP contribution in [0.5, 0.6) is 11.5 Å². The first-order chi connectivity index (χ1) is 11.2. The Kier molecular flexibility index (Phi) is 5.83. The number of rotatable bonds is 4. The molecule has 0 radical (unpaired) electrons. The van der Waals surface area contributed by atoms with Gasteiger partial charge in [0.25, 0.3) is 0 Å². The number of nitrogens with zero attached hydrogens (tertiary/aromatic N) is 1. The van der Waals surface area contributed by atoms with E-state index in [0.29, 0.717) is 17.4 Å². The van der Waals surface area contributed by atoms with E-state index >= 15 is 0 Å². The maximum absolute atomic E-state index is 10.8. The number of hydrogen-bond acceptors (Lipinski definition) is 4. The van der Waals surface area contributed by atoms with Gasteiger partial charge in [0.15, 0.2) is 11.5 Å². The number of piperazine rings is 1. The molecule has 0 unspecified atom stereocenters. The van der Waals surface area contributed by atoms with Gasteiger partial charge < -0.3 is 15.2 Å². The molecule has 1 atom stereocenters. The van der Waals surface area contributed by atoms with E-state index in [-0.39, 0.29) is 6.04 Å². The summed E-state index contributed by atoms with van der Waals surface area (Å²) in [5.41, 5.74) is 1.01. The van der Waals surface area contributed by atoms with E-state index in [1.807, 2.05) is 12.1 Å². The average molecular weight is 383 g/mol. The molecule has 3 rings (SSSR count). The average Bonchev–Trinajstić information content (AvgIpc) is 2.60. The van der Waals surface area contributed by atoms with Crippen molar-refractivity contribution < 1.29 is 9.84 Å². The lowest BCUT2D eigenvalue weighted by Crippen LogP contribution is -2.47. The summed E-state index contributed by atoms with van der Waals surface area (Å²) in [4.78, 5) is 2.55. The van der Waals surface area contributed by atoms with Crippen molar-refractivity contribution >= 4 is 15.9 Å². The van der Waals surface area contributed by atoms with E-state index in [2.05, 4.69) is 26.1 Å². The first kappa shape index (κ1) is 17.1. The second-order valence-corrected chi connectivity index (χ2v) is 7.50. The summed E-state index contributed by atoms with van der Waals surface area (Å²) >= 11 is 3.69. The molecule has 0 spiro atoms. The number of aromatic hydroxyl groups is 1. The molecule has 0 amide bonds. The number of phenols is 1. The van der Waals surface area contributed by atoms with Crippen LogP contribution in [0.15, 0.2) is 16.6 Å². The Morgan fingerprint density at radius 2 is 1.91 bits per heavy atom. The molecule has 2 fully saturated rings. The van der Waals surface area contributed by atoms with Gasteiger partial charge in [-0.25, -0.2) is 0 Å². The number of methoxy groups -OCH3 is 1. The molecule has 1 aromatic rings. The summed E-state index contributed by atoms with van der Waals surface area (Å²) in [7, 11) is 1.62. The molecule has 23 heavy (non-hydrogen) atoms. The molecule has 1 aromatic carbocycles. The molecule has 0 bridgehead atoms. The third-order valence-corrected chi connectivity index (χ3v) is 5.98. The number of nitrogens with one attached hydrogen (secondary N) is 1. The normalized spacial score (nSPS) is 22.0. The molecule has 1 aliphatic heterocycles. The zero-order valence-corrected chi connectivity index (χ0v) is 15.4. The fraction of sp³-hybridized carbons (Fsp3) is 0.667. The van der Waals surface area contributed by atoms with E-state index in [1.54, 1.807) is 7.11 Å². The van der Waals surface area contributed by atoms with E-state index < -0.39 is 0 Å². The molecule has 2 aliphatic rings. The molecule has 4 nitrogen and oxygen atoms in total. The van der Waals surface area contributed by atoms with Crippen LogP contribution in [0.2, 0.25) is 0 Å². The lowest BCUT2D eigenvalue weighted by molar-refractivity contribution is 0.100. The van der Waals surface area contributed by atoms with Gasteiger partial charge in [0.1, 0.15) is 0 Å². The molecule has 128 valence electrons. The molecule has 0 aromatic heterocycles. The topological polar surface area (TPSA) is 44.7 Å². The van der Waals surface area contributed by atoms with Crippen LogP contribution in [0, 0.1) is 5.92 Å². The standard InChI is InChI=1S/C18H27BrN2O2/c1-23-15-8-7-14(19)16(18(15)22)17(13-5-3-2-4-6-13)21-11-9-20-10-12-21/h7-8,13,17,20,22H,2-6,9-12H2,1H3/t17-/m1/s1. The Labute approximate surface area is 147 Å². The van der Waals surface area contributed by atoms with Crippen molar-refractivity contribution in [2.75, 3.05) is 33.3 Å². The van der Waals surface area contributed by atoms with Crippen molar-refractivity contribution in [2.24, 2.45) is 5.92 Å². The Hall–Kier alpha value is -0.780. The highest BCUT2D eigenvalue weighted by Gasteiger charge is 2.34. The van der Waals surface area contributed by atoms with Crippen LogP contribution in [0.25, 0.3) is 0 Å². The third kappa shape index (κ3) is 3.67. The van der Waals surface area contributed by atoms with Crippen LogP contribution in [0.1, 0.15) is 43.7 Å². The van der Waals surface area contributed by atoms with Crippen LogP contribution >= 0.6 is 15.9 Å². The van der Waals surface area contributed by atoms with Gasteiger partial charge in [-0.05, 0) is 30.9 Å². The number of ether oxygens (including phenoxy) is 1. The Balaban J connectivity index is 2.00. The summed E-state index contributed by atoms with van der Waals surface area (Å²) in [5.74, 6) is 1.48. The van der Waals surface area contributed by atoms with Crippen LogP contribution < -0.4 is 10.1 Å². The van der Waals surface area contributed by atoms with Gasteiger partial charge in [-0.1, -0.05) is 35.2 Å². The van der Waals surface area contributed by atoms with E-state index in [0.717, 1.165) is 36.2 Å². The molecule has 2 N–H and O–H groups in total. The van der Waals surface area contributed by atoms with Crippen molar-refractivity contribution in [1.29, 1.82) is 0 Å². The number of benzene rings is 1. The van der Waals surface area contributed by atoms with Gasteiger partial charge in [-0.3, -0.25) is 4.90 Å². The van der Waals surface area contributed by atoms with Crippen molar-refractivity contribution in [1.82, 2.24) is 10.2 Å². The van der Waals surface area contributed by atoms with Crippen molar-refractivity contribution in [3.63, 3.8) is 0 Å². The number of halogens is 1. The fourth-order valence-corrected chi connectivity index (χ4v) is 4.69. The maximum Gasteiger partial charge on any atom is 0.163 e. The highest BCUT2D eigenvalue weighted by atomic mass is 79.9. The van der Waals surface area contributed by atoms with Crippen LogP contribution in [0.4, 0.5) is 0 Å². The molecule has 1 aliphatic carbocycles. The van der Waals surface area contributed by atoms with E-state index in [1.165, 1.54) is 32.1 Å². The zero-order chi connectivity index (χ0) is 16.2. The second kappa shape index (κ2) is 7.86. The van der Waals surface area contributed by atoms with Crippen molar-refractivity contribution in [2.45, 2.75) is 38.1 Å². The van der Waals surface area contributed by atoms with Crippen molar-refractivity contribution in [3.8, 4) is 11.5 Å². The van der Waals surface area contributed by atoms with Gasteiger partial charge in [0, 0.05) is 42.3 Å². The van der Waals surface area contributed by atoms with Crippen LogP contribution in [-0.2, 0) is 0 Å². The predicted molar refractivity (Wildman–Crippen MR) is 96.1 cm³/mol. The van der Waals surface area contributed by atoms with Gasteiger partial charge >= 0.3 is 0 Å². The zero-order valence-electron chi connectivity index (χ0n) is 13.9. The minimum absolute atomic E-state index is 0.266. The van der Waals surface area contributed by atoms with Gasteiger partial charge in [0.2, 0.25) is 0 Å². The summed E-state index contributed by atoms with van der Waals surface area (Å²) in [6.07, 6.45) is 6.44. The number of hydrogen-bond donors (Lipinski definition) is 2. The largest absolute Gasteiger partial charge is 0.504 e. The molecule has 5 heteroatoms. The molecular weight excluding hydrogens is 356 g/mol. The lowest BCUT2D eigenvalue weighted by atomic mass is 9.79. The smallest absolute Gasteiger partial charge is 0.163 e. The second-order valence-electron chi connectivity index (χ2n) is 6.64. The summed E-state index contributed by atoms with van der Waals surface area (Å²) < 4.78 is 6.35. The molecule has 1 heterocycles. The SMILES string of the molecule is COc1ccc(Br)c([C@@H](C2CCCCC2)N2CCNCC2)c1O. The fourth-order valence-electron chi connectivity index (χ4n) is 4.14. The number of phenolic OH excluding ortho intramolecular Hbond substituents is 1. The van der Waals surface area contributed by atoms with Crippen LogP contribution in [-0.4, -0.2) is 43.3 Å². The molecule has 1 saturated carbocycles. The maximum atomic E-state index is 10.8. The predicted octanol–water partition coefficient (Wildman–Crippen LogP) is 3.69. The van der Waals surface area contributed by atoms with Crippen molar-refractivity contribution in [3.05, 3.63) is 22.2 Å². The summed E-state index contributed by atoms with van der Waals surface area (Å²) in [5, 5.41) is 14.2. The minimum Gasteiger partial charge on any atom is -0.504 e. The Morgan fingerprint density at radius 1 is 1.22 bits per heavy atom. The Morgan fingerprint density at radius 3 is 2.57 bits per heavy atom. The van der Waals surface area contributed by atoms with E-state index in [4.69, 9.17) is 4.74 Å². The summed E-state index contributed by atoms with van der Waals surface area (Å²) in [6, 6.07) is 4.10. The molecule has 1 saturated heterocycles. The minimum atomic E-state index is 0.266. The lowest BCUT2D eigenvalue weighted by Gasteiger charge is -2.41. The Bertz CT molecular complexity index is 508. The first-order valence-electron chi connectivity index (χ1n) is 8.72. The quantitative estimate of drug-likeness (QED) is 0.833. The van der Waals surface area contributed by atoms with Crippen LogP contribution in [0.3, 0.4) is 0 Å². The highest BCUT2D eigenvalue weighted by molar-refractivity contribution is 9.10. The van der Waals surface area contributed by atoms with Gasteiger partial charge in [-0.15, -0.1) is 0 Å². The van der Waals surface area contributed by atoms with E-state index in [9.17, 15) is 5.11 Å². The van der Waals surface area contributed by atoms with Gasteiger partial charge in [0.05, 0.1) is 7.11 Å². The summed E-state index contributed by atoms with van der Waals surface area (Å²) in [6.45, 7) is 4.10. The monoisotopic (exact) mass is 382 g/mol. The first-order valence-corrected chi connectivity index (χ1v) is 9.51. The highest BCUT2D eigenvalue weighted by Crippen LogP contribution is 2.47.